The van der Waals surface area contributed by atoms with Crippen LogP contribution in [0.4, 0.5) is 18.9 Å². The summed E-state index contributed by atoms with van der Waals surface area (Å²) in [6.45, 7) is 7.23. The molecule has 3 aromatic carbocycles. The van der Waals surface area contributed by atoms with Crippen molar-refractivity contribution in [1.82, 2.24) is 14.7 Å². The summed E-state index contributed by atoms with van der Waals surface area (Å²) >= 11 is 0. The SMILES string of the molecule is CC1C(CN2CCN(Cc3ccccc3)CC2)OC(c2cccc(NC(=O)C3CCCN3C(=O)C(F)(F)F)c2)OC1c1ccc(CO)cc1. The number of rotatable bonds is 9. The minimum atomic E-state index is -5.04. The summed E-state index contributed by atoms with van der Waals surface area (Å²) in [6.07, 6.45) is -5.88. The van der Waals surface area contributed by atoms with Crippen LogP contribution in [0, 0.1) is 5.92 Å². The van der Waals surface area contributed by atoms with Crippen LogP contribution in [0.3, 0.4) is 0 Å². The third-order valence-electron chi connectivity index (χ3n) is 9.76. The second-order valence-corrected chi connectivity index (χ2v) is 13.2. The van der Waals surface area contributed by atoms with Crippen molar-refractivity contribution in [2.75, 3.05) is 44.6 Å². The second-order valence-electron chi connectivity index (χ2n) is 13.2. The molecule has 9 nitrogen and oxygen atoms in total. The lowest BCUT2D eigenvalue weighted by Gasteiger charge is -2.44. The highest BCUT2D eigenvalue weighted by molar-refractivity contribution is 5.98. The summed E-state index contributed by atoms with van der Waals surface area (Å²) < 4.78 is 52.7. The largest absolute Gasteiger partial charge is 0.471 e. The van der Waals surface area contributed by atoms with Crippen LogP contribution in [0.25, 0.3) is 0 Å². The molecular weight excluding hydrogens is 637 g/mol. The average molecular weight is 681 g/mol. The first kappa shape index (κ1) is 35.0. The average Bonchev–Trinajstić information content (AvgIpc) is 3.60. The maximum atomic E-state index is 13.2. The summed E-state index contributed by atoms with van der Waals surface area (Å²) in [6, 6.07) is 23.8. The fourth-order valence-corrected chi connectivity index (χ4v) is 6.99. The van der Waals surface area contributed by atoms with Crippen LogP contribution in [0.2, 0.25) is 0 Å². The molecule has 5 atom stereocenters. The van der Waals surface area contributed by atoms with Gasteiger partial charge in [0.05, 0.1) is 18.8 Å². The normalized spacial score (nSPS) is 25.3. The summed E-state index contributed by atoms with van der Waals surface area (Å²) in [5.74, 6) is -2.68. The van der Waals surface area contributed by atoms with Crippen molar-refractivity contribution in [1.29, 1.82) is 0 Å². The number of aliphatic hydroxyl groups is 1. The van der Waals surface area contributed by atoms with E-state index in [1.165, 1.54) is 5.56 Å². The van der Waals surface area contributed by atoms with E-state index in [9.17, 15) is 27.9 Å². The molecule has 262 valence electrons. The third-order valence-corrected chi connectivity index (χ3v) is 9.76. The lowest BCUT2D eigenvalue weighted by molar-refractivity contribution is -0.276. The summed E-state index contributed by atoms with van der Waals surface area (Å²) in [5.41, 5.74) is 4.06. The van der Waals surface area contributed by atoms with Crippen LogP contribution in [-0.2, 0) is 32.2 Å². The summed E-state index contributed by atoms with van der Waals surface area (Å²) in [7, 11) is 0. The molecule has 3 aliphatic heterocycles. The molecule has 3 fully saturated rings. The second kappa shape index (κ2) is 15.4. The molecule has 0 saturated carbocycles. The molecule has 0 radical (unpaired) electrons. The van der Waals surface area contributed by atoms with Gasteiger partial charge >= 0.3 is 12.1 Å². The highest BCUT2D eigenvalue weighted by atomic mass is 19.4. The fraction of sp³-hybridized carbons (Fsp3) is 0.459. The zero-order chi connectivity index (χ0) is 34.5. The monoisotopic (exact) mass is 680 g/mol. The van der Waals surface area contributed by atoms with Gasteiger partial charge in [0, 0.05) is 63.0 Å². The maximum absolute atomic E-state index is 13.2. The van der Waals surface area contributed by atoms with Gasteiger partial charge in [0.25, 0.3) is 0 Å². The number of benzene rings is 3. The molecule has 3 aliphatic rings. The number of amides is 2. The van der Waals surface area contributed by atoms with Gasteiger partial charge in [-0.3, -0.25) is 19.4 Å². The molecule has 3 aromatic rings. The van der Waals surface area contributed by atoms with Crippen LogP contribution >= 0.6 is 0 Å². The molecule has 0 aromatic heterocycles. The Morgan fingerprint density at radius 1 is 0.857 bits per heavy atom. The van der Waals surface area contributed by atoms with E-state index in [1.807, 2.05) is 36.4 Å². The van der Waals surface area contributed by atoms with Crippen LogP contribution in [0.15, 0.2) is 78.9 Å². The number of ether oxygens (including phenoxy) is 2. The molecule has 2 N–H and O–H groups in total. The maximum Gasteiger partial charge on any atom is 0.471 e. The zero-order valence-corrected chi connectivity index (χ0v) is 27.5. The fourth-order valence-electron chi connectivity index (χ4n) is 6.99. The number of halogens is 3. The Morgan fingerprint density at radius 2 is 1.57 bits per heavy atom. The Hall–Kier alpha value is -3.81. The number of carbonyl (C=O) groups is 2. The van der Waals surface area contributed by atoms with E-state index in [1.54, 1.807) is 18.2 Å². The molecular formula is C37H43F3N4O5. The van der Waals surface area contributed by atoms with Gasteiger partial charge in [-0.2, -0.15) is 13.2 Å². The minimum absolute atomic E-state index is 0.0130. The Kier molecular flexibility index (Phi) is 11.0. The van der Waals surface area contributed by atoms with E-state index in [-0.39, 0.29) is 37.7 Å². The Bertz CT molecular complexity index is 1570. The number of nitrogens with zero attached hydrogens (tertiary/aromatic N) is 3. The van der Waals surface area contributed by atoms with Gasteiger partial charge in [0.2, 0.25) is 5.91 Å². The van der Waals surface area contributed by atoms with Gasteiger partial charge in [-0.05, 0) is 41.7 Å². The molecule has 0 spiro atoms. The van der Waals surface area contributed by atoms with E-state index in [0.29, 0.717) is 29.1 Å². The van der Waals surface area contributed by atoms with E-state index in [0.717, 1.165) is 43.9 Å². The van der Waals surface area contributed by atoms with Crippen molar-refractivity contribution in [2.45, 2.75) is 63.6 Å². The highest BCUT2D eigenvalue weighted by Gasteiger charge is 2.48. The first-order chi connectivity index (χ1) is 23.6. The van der Waals surface area contributed by atoms with Crippen molar-refractivity contribution >= 4 is 17.5 Å². The van der Waals surface area contributed by atoms with E-state index in [2.05, 4.69) is 46.3 Å². The molecule has 0 aliphatic carbocycles. The number of nitrogens with one attached hydrogen (secondary N) is 1. The number of piperazine rings is 1. The number of hydrogen-bond acceptors (Lipinski definition) is 7. The summed E-state index contributed by atoms with van der Waals surface area (Å²) in [4.78, 5) is 30.5. The minimum Gasteiger partial charge on any atom is -0.392 e. The van der Waals surface area contributed by atoms with Gasteiger partial charge in [-0.1, -0.05) is 73.7 Å². The topological polar surface area (TPSA) is 94.6 Å². The quantitative estimate of drug-likeness (QED) is 0.318. The van der Waals surface area contributed by atoms with E-state index < -0.39 is 30.3 Å². The summed E-state index contributed by atoms with van der Waals surface area (Å²) in [5, 5.41) is 12.3. The number of likely N-dealkylation sites (tertiary alicyclic amines) is 1. The lowest BCUT2D eigenvalue weighted by atomic mass is 9.90. The van der Waals surface area contributed by atoms with Crippen LogP contribution < -0.4 is 5.32 Å². The first-order valence-electron chi connectivity index (χ1n) is 16.9. The number of alkyl halides is 3. The van der Waals surface area contributed by atoms with Crippen molar-refractivity contribution in [3.8, 4) is 0 Å². The van der Waals surface area contributed by atoms with Crippen molar-refractivity contribution < 1.29 is 37.3 Å². The molecule has 6 rings (SSSR count). The van der Waals surface area contributed by atoms with Gasteiger partial charge < -0.3 is 24.8 Å². The lowest BCUT2D eigenvalue weighted by Crippen LogP contribution is -2.51. The smallest absolute Gasteiger partial charge is 0.392 e. The van der Waals surface area contributed by atoms with Crippen LogP contribution in [0.1, 0.15) is 54.4 Å². The van der Waals surface area contributed by atoms with Crippen molar-refractivity contribution in [3.63, 3.8) is 0 Å². The Labute approximate surface area is 284 Å². The zero-order valence-electron chi connectivity index (χ0n) is 27.5. The molecule has 3 saturated heterocycles. The Balaban J connectivity index is 1.16. The number of hydrogen-bond donors (Lipinski definition) is 2. The van der Waals surface area contributed by atoms with Gasteiger partial charge in [0.1, 0.15) is 6.04 Å². The predicted molar refractivity (Wildman–Crippen MR) is 177 cm³/mol. The molecule has 3 heterocycles. The van der Waals surface area contributed by atoms with Crippen molar-refractivity contribution in [2.24, 2.45) is 5.92 Å². The molecule has 49 heavy (non-hydrogen) atoms. The number of aliphatic hydroxyl groups excluding tert-OH is 1. The number of anilines is 1. The third kappa shape index (κ3) is 8.50. The van der Waals surface area contributed by atoms with Crippen LogP contribution in [0.5, 0.6) is 0 Å². The molecule has 12 heteroatoms. The van der Waals surface area contributed by atoms with Gasteiger partial charge in [0.15, 0.2) is 6.29 Å². The highest BCUT2D eigenvalue weighted by Crippen LogP contribution is 2.42. The standard InChI is InChI=1S/C37H43F3N4O5/c1-25-32(23-43-19-17-42(18-20-43)22-26-7-3-2-4-8-26)48-35(49-33(25)28-14-12-27(24-45)13-15-28)29-9-5-10-30(21-29)41-34(46)31-11-6-16-44(31)36(47)37(38,39)40/h2-5,7-10,12-15,21,25,31-33,35,45H,6,11,16-20,22-24H2,1H3,(H,41,46). The number of carbonyl (C=O) groups excluding carboxylic acids is 2. The van der Waals surface area contributed by atoms with Gasteiger partial charge in [-0.25, -0.2) is 0 Å². The predicted octanol–water partition coefficient (Wildman–Crippen LogP) is 5.28. The molecule has 2 amide bonds. The molecule has 0 bridgehead atoms. The molecule has 5 unspecified atom stereocenters. The Morgan fingerprint density at radius 3 is 2.27 bits per heavy atom. The van der Waals surface area contributed by atoms with E-state index in [4.69, 9.17) is 9.47 Å². The first-order valence-corrected chi connectivity index (χ1v) is 16.9. The van der Waals surface area contributed by atoms with E-state index >= 15 is 0 Å². The van der Waals surface area contributed by atoms with Crippen molar-refractivity contribution in [3.05, 3.63) is 101 Å². The van der Waals surface area contributed by atoms with Crippen LogP contribution in [-0.4, -0.2) is 89.2 Å². The van der Waals surface area contributed by atoms with Gasteiger partial charge in [-0.15, -0.1) is 0 Å².